The van der Waals surface area contributed by atoms with Crippen LogP contribution in [0.3, 0.4) is 0 Å². The minimum atomic E-state index is -0.655. The molecule has 1 rings (SSSR count). The molecule has 0 aromatic carbocycles. The van der Waals surface area contributed by atoms with Crippen molar-refractivity contribution in [3.05, 3.63) is 21.6 Å². The van der Waals surface area contributed by atoms with Gasteiger partial charge < -0.3 is 15.7 Å². The summed E-state index contributed by atoms with van der Waals surface area (Å²) in [6.07, 6.45) is 1.40. The largest absolute Gasteiger partial charge is 0.394 e. The van der Waals surface area contributed by atoms with Crippen molar-refractivity contribution < 1.29 is 9.90 Å². The maximum atomic E-state index is 11.8. The number of anilines is 1. The van der Waals surface area contributed by atoms with Gasteiger partial charge in [-0.05, 0) is 13.8 Å². The lowest BCUT2D eigenvalue weighted by Gasteiger charge is -2.23. The number of amides is 1. The molecule has 7 nitrogen and oxygen atoms in total. The molecule has 0 atom stereocenters. The first kappa shape index (κ1) is 16.5. The van der Waals surface area contributed by atoms with Gasteiger partial charge in [-0.1, -0.05) is 11.6 Å². The van der Waals surface area contributed by atoms with Gasteiger partial charge in [0.25, 0.3) is 5.56 Å². The Morgan fingerprint density at radius 3 is 2.75 bits per heavy atom. The second kappa shape index (κ2) is 6.71. The van der Waals surface area contributed by atoms with E-state index in [1.54, 1.807) is 20.9 Å². The summed E-state index contributed by atoms with van der Waals surface area (Å²) in [5, 5.41) is 18.2. The van der Waals surface area contributed by atoms with Crippen LogP contribution in [-0.2, 0) is 11.3 Å². The fraction of sp³-hybridized carbons (Fsp3) is 0.583. The fourth-order valence-electron chi connectivity index (χ4n) is 1.58. The third kappa shape index (κ3) is 3.71. The fourth-order valence-corrected chi connectivity index (χ4v) is 1.79. The first-order valence-corrected chi connectivity index (χ1v) is 6.54. The summed E-state index contributed by atoms with van der Waals surface area (Å²) < 4.78 is 1.08. The normalized spacial score (nSPS) is 11.2. The molecular weight excluding hydrogens is 284 g/mol. The first-order chi connectivity index (χ1) is 9.33. The molecular formula is C12H19ClN4O3. The quantitative estimate of drug-likeness (QED) is 0.691. The molecule has 0 unspecified atom stereocenters. The van der Waals surface area contributed by atoms with E-state index in [-0.39, 0.29) is 24.1 Å². The molecule has 0 saturated heterocycles. The Morgan fingerprint density at radius 2 is 2.20 bits per heavy atom. The summed E-state index contributed by atoms with van der Waals surface area (Å²) in [5.41, 5.74) is -0.774. The van der Waals surface area contributed by atoms with Crippen LogP contribution < -0.4 is 16.2 Å². The molecule has 1 heterocycles. The van der Waals surface area contributed by atoms with Gasteiger partial charge in [-0.15, -0.1) is 0 Å². The van der Waals surface area contributed by atoms with Crippen molar-refractivity contribution in [1.82, 2.24) is 15.1 Å². The minimum Gasteiger partial charge on any atom is -0.394 e. The highest BCUT2D eigenvalue weighted by molar-refractivity contribution is 6.32. The maximum Gasteiger partial charge on any atom is 0.287 e. The molecule has 0 radical (unpaired) electrons. The molecule has 0 aliphatic rings. The van der Waals surface area contributed by atoms with Crippen LogP contribution in [0.4, 0.5) is 5.69 Å². The Balaban J connectivity index is 2.87. The SMILES string of the molecule is CNC(=O)C(C)(C)CNc1cnn(CCO)c(=O)c1Cl. The van der Waals surface area contributed by atoms with Gasteiger partial charge in [0.05, 0.1) is 30.5 Å². The zero-order valence-corrected chi connectivity index (χ0v) is 12.5. The molecule has 20 heavy (non-hydrogen) atoms. The van der Waals surface area contributed by atoms with Crippen LogP contribution in [0.1, 0.15) is 13.8 Å². The standard InChI is InChI=1S/C12H19ClN4O3/c1-12(2,11(20)14-3)7-15-8-6-16-17(4-5-18)10(19)9(8)13/h6,15,18H,4-5,7H2,1-3H3,(H,14,20). The van der Waals surface area contributed by atoms with E-state index in [4.69, 9.17) is 16.7 Å². The van der Waals surface area contributed by atoms with Gasteiger partial charge >= 0.3 is 0 Å². The van der Waals surface area contributed by atoms with Gasteiger partial charge in [0.15, 0.2) is 0 Å². The molecule has 112 valence electrons. The molecule has 0 spiro atoms. The molecule has 3 N–H and O–H groups in total. The van der Waals surface area contributed by atoms with Gasteiger partial charge in [-0.3, -0.25) is 9.59 Å². The van der Waals surface area contributed by atoms with E-state index >= 15 is 0 Å². The third-order valence-electron chi connectivity index (χ3n) is 2.86. The molecule has 0 fully saturated rings. The van der Waals surface area contributed by atoms with Gasteiger partial charge in [0.2, 0.25) is 5.91 Å². The molecule has 1 amide bonds. The zero-order chi connectivity index (χ0) is 15.3. The average Bonchev–Trinajstić information content (AvgIpc) is 2.42. The Morgan fingerprint density at radius 1 is 1.55 bits per heavy atom. The smallest absolute Gasteiger partial charge is 0.287 e. The van der Waals surface area contributed by atoms with Crippen LogP contribution in [0, 0.1) is 5.41 Å². The topological polar surface area (TPSA) is 96.2 Å². The number of carbonyl (C=O) groups is 1. The predicted molar refractivity (Wildman–Crippen MR) is 76.9 cm³/mol. The average molecular weight is 303 g/mol. The number of hydrogen-bond acceptors (Lipinski definition) is 5. The van der Waals surface area contributed by atoms with Gasteiger partial charge in [-0.25, -0.2) is 4.68 Å². The summed E-state index contributed by atoms with van der Waals surface area (Å²) in [5.74, 6) is -0.122. The van der Waals surface area contributed by atoms with Gasteiger partial charge in [0.1, 0.15) is 5.02 Å². The van der Waals surface area contributed by atoms with Crippen LogP contribution in [0.25, 0.3) is 0 Å². The Labute approximate surface area is 121 Å². The predicted octanol–water partition coefficient (Wildman–Crippen LogP) is 0.0731. The first-order valence-electron chi connectivity index (χ1n) is 6.16. The Kier molecular flexibility index (Phi) is 5.52. The van der Waals surface area contributed by atoms with Gasteiger partial charge in [-0.2, -0.15) is 5.10 Å². The number of aliphatic hydroxyl groups is 1. The van der Waals surface area contributed by atoms with Crippen molar-refractivity contribution in [3.8, 4) is 0 Å². The molecule has 0 bridgehead atoms. The van der Waals surface area contributed by atoms with E-state index in [2.05, 4.69) is 15.7 Å². The van der Waals surface area contributed by atoms with Crippen LogP contribution in [0.5, 0.6) is 0 Å². The number of halogens is 1. The van der Waals surface area contributed by atoms with E-state index in [0.29, 0.717) is 12.2 Å². The summed E-state index contributed by atoms with van der Waals surface area (Å²) in [4.78, 5) is 23.5. The molecule has 8 heteroatoms. The minimum absolute atomic E-state index is 0.0128. The number of nitrogens with zero attached hydrogens (tertiary/aromatic N) is 2. The second-order valence-electron chi connectivity index (χ2n) is 4.94. The van der Waals surface area contributed by atoms with Crippen molar-refractivity contribution in [2.45, 2.75) is 20.4 Å². The highest BCUT2D eigenvalue weighted by atomic mass is 35.5. The zero-order valence-electron chi connectivity index (χ0n) is 11.7. The maximum absolute atomic E-state index is 11.8. The van der Waals surface area contributed by atoms with Crippen molar-refractivity contribution in [2.24, 2.45) is 5.41 Å². The van der Waals surface area contributed by atoms with Crippen LogP contribution in [-0.4, -0.2) is 41.0 Å². The van der Waals surface area contributed by atoms with Crippen molar-refractivity contribution in [1.29, 1.82) is 0 Å². The number of nitrogens with one attached hydrogen (secondary N) is 2. The number of aliphatic hydroxyl groups excluding tert-OH is 1. The highest BCUT2D eigenvalue weighted by Gasteiger charge is 2.26. The molecule has 1 aromatic rings. The Bertz CT molecular complexity index is 542. The molecule has 0 aliphatic heterocycles. The summed E-state index contributed by atoms with van der Waals surface area (Å²) in [6.45, 7) is 3.74. The molecule has 0 saturated carbocycles. The lowest BCUT2D eigenvalue weighted by molar-refractivity contribution is -0.128. The van der Waals surface area contributed by atoms with Crippen molar-refractivity contribution in [3.63, 3.8) is 0 Å². The van der Waals surface area contributed by atoms with Crippen LogP contribution in [0.15, 0.2) is 11.0 Å². The second-order valence-corrected chi connectivity index (χ2v) is 5.32. The van der Waals surface area contributed by atoms with Crippen LogP contribution >= 0.6 is 11.6 Å². The third-order valence-corrected chi connectivity index (χ3v) is 3.22. The number of rotatable bonds is 6. The summed E-state index contributed by atoms with van der Waals surface area (Å²) in [7, 11) is 1.56. The number of carbonyl (C=O) groups excluding carboxylic acids is 1. The highest BCUT2D eigenvalue weighted by Crippen LogP contribution is 2.20. The lowest BCUT2D eigenvalue weighted by atomic mass is 9.92. The summed E-state index contributed by atoms with van der Waals surface area (Å²) in [6, 6.07) is 0. The number of aromatic nitrogens is 2. The lowest BCUT2D eigenvalue weighted by Crippen LogP contribution is -2.39. The van der Waals surface area contributed by atoms with E-state index < -0.39 is 11.0 Å². The van der Waals surface area contributed by atoms with Crippen molar-refractivity contribution >= 4 is 23.2 Å². The summed E-state index contributed by atoms with van der Waals surface area (Å²) >= 11 is 5.96. The van der Waals surface area contributed by atoms with E-state index in [0.717, 1.165) is 4.68 Å². The van der Waals surface area contributed by atoms with Crippen molar-refractivity contribution in [2.75, 3.05) is 25.5 Å². The van der Waals surface area contributed by atoms with Gasteiger partial charge in [0, 0.05) is 13.6 Å². The Hall–Kier alpha value is -1.60. The monoisotopic (exact) mass is 302 g/mol. The van der Waals surface area contributed by atoms with E-state index in [1.807, 2.05) is 0 Å². The van der Waals surface area contributed by atoms with E-state index in [1.165, 1.54) is 6.20 Å². The van der Waals surface area contributed by atoms with E-state index in [9.17, 15) is 9.59 Å². The van der Waals surface area contributed by atoms with Crippen LogP contribution in [0.2, 0.25) is 5.02 Å². The molecule has 0 aliphatic carbocycles. The molecule has 1 aromatic heterocycles. The number of hydrogen-bond donors (Lipinski definition) is 3.